The molecule has 6 nitrogen and oxygen atoms in total. The van der Waals surface area contributed by atoms with Gasteiger partial charge in [0.05, 0.1) is 30.8 Å². The van der Waals surface area contributed by atoms with Crippen LogP contribution in [0.1, 0.15) is 31.7 Å². The number of hydrogen-bond donors (Lipinski definition) is 2. The number of sulfone groups is 1. The number of nitrogens with one attached hydrogen (secondary N) is 1. The van der Waals surface area contributed by atoms with E-state index in [1.807, 2.05) is 12.1 Å². The third-order valence-electron chi connectivity index (χ3n) is 4.02. The lowest BCUT2D eigenvalue weighted by atomic mass is 9.99. The van der Waals surface area contributed by atoms with Crippen LogP contribution in [0.25, 0.3) is 0 Å². The lowest BCUT2D eigenvalue weighted by molar-refractivity contribution is 0.0783. The predicted octanol–water partition coefficient (Wildman–Crippen LogP) is 1.74. The zero-order chi connectivity index (χ0) is 16.9. The van der Waals surface area contributed by atoms with Gasteiger partial charge in [0.25, 0.3) is 0 Å². The molecular formula is C16H25N3O3S. The Labute approximate surface area is 138 Å². The van der Waals surface area contributed by atoms with Gasteiger partial charge in [0.15, 0.2) is 15.8 Å². The summed E-state index contributed by atoms with van der Waals surface area (Å²) in [6.45, 7) is 4.82. The molecule has 0 bridgehead atoms. The van der Waals surface area contributed by atoms with E-state index >= 15 is 0 Å². The Balaban J connectivity index is 1.89. The second-order valence-electron chi connectivity index (χ2n) is 5.89. The molecule has 2 rings (SSSR count). The summed E-state index contributed by atoms with van der Waals surface area (Å²) in [7, 11) is -3.01. The maximum atomic E-state index is 11.5. The summed E-state index contributed by atoms with van der Waals surface area (Å²) in [5, 5.41) is 3.01. The largest absolute Gasteiger partial charge is 0.374 e. The number of rotatable bonds is 5. The van der Waals surface area contributed by atoms with Crippen molar-refractivity contribution in [3.05, 3.63) is 29.8 Å². The Bertz CT molecular complexity index is 641. The van der Waals surface area contributed by atoms with Crippen LogP contribution in [0.15, 0.2) is 29.3 Å². The molecule has 0 aliphatic carbocycles. The Kier molecular flexibility index (Phi) is 6.01. The minimum absolute atomic E-state index is 0.00732. The third-order valence-corrected chi connectivity index (χ3v) is 5.69. The van der Waals surface area contributed by atoms with E-state index in [1.54, 1.807) is 0 Å². The molecule has 7 heteroatoms. The van der Waals surface area contributed by atoms with Gasteiger partial charge in [-0.1, -0.05) is 26.0 Å². The van der Waals surface area contributed by atoms with Crippen LogP contribution in [0.3, 0.4) is 0 Å². The number of guanidine groups is 1. The summed E-state index contributed by atoms with van der Waals surface area (Å²) in [6, 6.07) is 8.07. The van der Waals surface area contributed by atoms with Gasteiger partial charge in [-0.3, -0.25) is 4.99 Å². The van der Waals surface area contributed by atoms with Crippen LogP contribution in [-0.2, 0) is 14.6 Å². The van der Waals surface area contributed by atoms with Crippen molar-refractivity contribution < 1.29 is 13.2 Å². The molecule has 128 valence electrons. The topological polar surface area (TPSA) is 93.8 Å². The molecule has 1 heterocycles. The van der Waals surface area contributed by atoms with E-state index in [0.717, 1.165) is 12.1 Å². The van der Waals surface area contributed by atoms with E-state index in [1.165, 1.54) is 5.56 Å². The van der Waals surface area contributed by atoms with Gasteiger partial charge in [0, 0.05) is 5.69 Å². The summed E-state index contributed by atoms with van der Waals surface area (Å²) >= 11 is 0. The van der Waals surface area contributed by atoms with Crippen molar-refractivity contribution in [1.82, 2.24) is 0 Å². The van der Waals surface area contributed by atoms with Crippen LogP contribution in [0, 0.1) is 0 Å². The molecule has 2 unspecified atom stereocenters. The summed E-state index contributed by atoms with van der Waals surface area (Å²) in [4.78, 5) is 4.18. The van der Waals surface area contributed by atoms with E-state index < -0.39 is 15.9 Å². The predicted molar refractivity (Wildman–Crippen MR) is 93.7 cm³/mol. The maximum Gasteiger partial charge on any atom is 0.193 e. The number of ether oxygens (including phenoxy) is 1. The minimum Gasteiger partial charge on any atom is -0.374 e. The van der Waals surface area contributed by atoms with Crippen molar-refractivity contribution >= 4 is 21.5 Å². The molecule has 1 aliphatic rings. The van der Waals surface area contributed by atoms with Gasteiger partial charge in [0.2, 0.25) is 0 Å². The molecule has 0 radical (unpaired) electrons. The zero-order valence-electron chi connectivity index (χ0n) is 13.7. The fourth-order valence-corrected chi connectivity index (χ4v) is 3.67. The Morgan fingerprint density at radius 2 is 2.13 bits per heavy atom. The van der Waals surface area contributed by atoms with E-state index in [2.05, 4.69) is 36.3 Å². The molecule has 1 fully saturated rings. The van der Waals surface area contributed by atoms with Gasteiger partial charge in [-0.05, 0) is 30.0 Å². The van der Waals surface area contributed by atoms with Gasteiger partial charge >= 0.3 is 0 Å². The highest BCUT2D eigenvalue weighted by atomic mass is 32.2. The van der Waals surface area contributed by atoms with Gasteiger partial charge in [0.1, 0.15) is 0 Å². The molecule has 0 spiro atoms. The normalized spacial score (nSPS) is 22.5. The SMILES string of the molecule is CCC(C)c1ccc(NC(N)=NCC2CS(=O)(=O)CCO2)cc1. The molecule has 1 aromatic carbocycles. The van der Waals surface area contributed by atoms with E-state index in [9.17, 15) is 8.42 Å². The first-order chi connectivity index (χ1) is 10.9. The van der Waals surface area contributed by atoms with E-state index in [-0.39, 0.29) is 30.6 Å². The lowest BCUT2D eigenvalue weighted by Gasteiger charge is -2.21. The molecule has 1 saturated heterocycles. The fraction of sp³-hybridized carbons (Fsp3) is 0.562. The Morgan fingerprint density at radius 1 is 1.43 bits per heavy atom. The first-order valence-electron chi connectivity index (χ1n) is 7.88. The molecule has 23 heavy (non-hydrogen) atoms. The second kappa shape index (κ2) is 7.79. The average Bonchev–Trinajstić information content (AvgIpc) is 2.52. The summed E-state index contributed by atoms with van der Waals surface area (Å²) in [5.74, 6) is 0.880. The Morgan fingerprint density at radius 3 is 2.74 bits per heavy atom. The van der Waals surface area contributed by atoms with Gasteiger partial charge in [-0.25, -0.2) is 8.42 Å². The third kappa shape index (κ3) is 5.51. The van der Waals surface area contributed by atoms with Crippen LogP contribution < -0.4 is 11.1 Å². The van der Waals surface area contributed by atoms with Crippen LogP contribution >= 0.6 is 0 Å². The highest BCUT2D eigenvalue weighted by Crippen LogP contribution is 2.20. The highest BCUT2D eigenvalue weighted by Gasteiger charge is 2.25. The molecule has 3 N–H and O–H groups in total. The molecular weight excluding hydrogens is 314 g/mol. The van der Waals surface area contributed by atoms with Crippen LogP contribution in [0.4, 0.5) is 5.69 Å². The number of hydrogen-bond acceptors (Lipinski definition) is 4. The number of benzene rings is 1. The summed E-state index contributed by atoms with van der Waals surface area (Å²) < 4.78 is 28.5. The Hall–Kier alpha value is -1.60. The smallest absolute Gasteiger partial charge is 0.193 e. The highest BCUT2D eigenvalue weighted by molar-refractivity contribution is 7.91. The van der Waals surface area contributed by atoms with Crippen molar-refractivity contribution in [3.8, 4) is 0 Å². The molecule has 0 saturated carbocycles. The van der Waals surface area contributed by atoms with Crippen molar-refractivity contribution in [2.75, 3.05) is 30.0 Å². The van der Waals surface area contributed by atoms with Crippen molar-refractivity contribution in [2.24, 2.45) is 10.7 Å². The summed E-state index contributed by atoms with van der Waals surface area (Å²) in [6.07, 6.45) is 0.683. The van der Waals surface area contributed by atoms with Crippen LogP contribution in [0.5, 0.6) is 0 Å². The standard InChI is InChI=1S/C16H25N3O3S/c1-3-12(2)13-4-6-14(7-5-13)19-16(17)18-10-15-11-23(20,21)9-8-22-15/h4-7,12,15H,3,8-11H2,1-2H3,(H3,17,18,19). The maximum absolute atomic E-state index is 11.5. The second-order valence-corrected chi connectivity index (χ2v) is 8.12. The van der Waals surface area contributed by atoms with Crippen molar-refractivity contribution in [3.63, 3.8) is 0 Å². The first kappa shape index (κ1) is 17.7. The number of nitrogens with zero attached hydrogens (tertiary/aromatic N) is 1. The quantitative estimate of drug-likeness (QED) is 0.629. The lowest BCUT2D eigenvalue weighted by Crippen LogP contribution is -2.37. The van der Waals surface area contributed by atoms with Gasteiger partial charge in [-0.15, -0.1) is 0 Å². The van der Waals surface area contributed by atoms with Gasteiger partial charge in [-0.2, -0.15) is 0 Å². The first-order valence-corrected chi connectivity index (χ1v) is 9.70. The zero-order valence-corrected chi connectivity index (χ0v) is 14.5. The number of nitrogens with two attached hydrogens (primary N) is 1. The molecule has 1 aliphatic heterocycles. The van der Waals surface area contributed by atoms with E-state index in [4.69, 9.17) is 10.5 Å². The molecule has 1 aromatic rings. The number of anilines is 1. The molecule has 2 atom stereocenters. The molecule has 0 aromatic heterocycles. The van der Waals surface area contributed by atoms with Crippen LogP contribution in [-0.4, -0.2) is 45.1 Å². The van der Waals surface area contributed by atoms with Crippen LogP contribution in [0.2, 0.25) is 0 Å². The monoisotopic (exact) mass is 339 g/mol. The number of aliphatic imine (C=N–C) groups is 1. The van der Waals surface area contributed by atoms with Crippen molar-refractivity contribution in [2.45, 2.75) is 32.3 Å². The average molecular weight is 339 g/mol. The van der Waals surface area contributed by atoms with E-state index in [0.29, 0.717) is 5.92 Å². The summed E-state index contributed by atoms with van der Waals surface area (Å²) in [5.41, 5.74) is 7.99. The van der Waals surface area contributed by atoms with Gasteiger partial charge < -0.3 is 15.8 Å². The van der Waals surface area contributed by atoms with Crippen molar-refractivity contribution in [1.29, 1.82) is 0 Å². The minimum atomic E-state index is -3.01. The fourth-order valence-electron chi connectivity index (χ4n) is 2.38. The molecule has 0 amide bonds.